The molecule has 5 heteroatoms. The molecule has 1 aromatic rings. The zero-order valence-electron chi connectivity index (χ0n) is 11.0. The molecule has 0 bridgehead atoms. The number of aromatic nitrogens is 1. The first-order chi connectivity index (χ1) is 8.52. The van der Waals surface area contributed by atoms with Crippen molar-refractivity contribution >= 4 is 17.6 Å². The maximum absolute atomic E-state index is 11.5. The second-order valence-corrected chi connectivity index (χ2v) is 4.71. The van der Waals surface area contributed by atoms with Crippen LogP contribution in [0.25, 0.3) is 0 Å². The Kier molecular flexibility index (Phi) is 6.09. The summed E-state index contributed by atoms with van der Waals surface area (Å²) < 4.78 is 4.96. The summed E-state index contributed by atoms with van der Waals surface area (Å²) in [7, 11) is 0. The average Bonchev–Trinajstić information content (AvgIpc) is 2.28. The van der Waals surface area contributed by atoms with Gasteiger partial charge in [0.25, 0.3) is 0 Å². The average molecular weight is 271 g/mol. The highest BCUT2D eigenvalue weighted by atomic mass is 35.5. The lowest BCUT2D eigenvalue weighted by atomic mass is 10.2. The van der Waals surface area contributed by atoms with Crippen molar-refractivity contribution in [1.29, 1.82) is 0 Å². The molecule has 0 aliphatic heterocycles. The molecule has 4 nitrogen and oxygen atoms in total. The van der Waals surface area contributed by atoms with Crippen molar-refractivity contribution < 1.29 is 9.53 Å². The molecule has 0 saturated carbocycles. The smallest absolute Gasteiger partial charge is 0.320 e. The molecule has 0 saturated heterocycles. The number of rotatable bonds is 6. The minimum Gasteiger partial charge on any atom is -0.465 e. The number of pyridine rings is 1. The Labute approximate surface area is 113 Å². The topological polar surface area (TPSA) is 42.4 Å². The minimum atomic E-state index is -0.215. The Morgan fingerprint density at radius 3 is 2.83 bits per heavy atom. The van der Waals surface area contributed by atoms with E-state index in [9.17, 15) is 4.79 Å². The van der Waals surface area contributed by atoms with Gasteiger partial charge < -0.3 is 4.74 Å². The van der Waals surface area contributed by atoms with Gasteiger partial charge in [-0.1, -0.05) is 11.6 Å². The summed E-state index contributed by atoms with van der Waals surface area (Å²) in [4.78, 5) is 17.7. The monoisotopic (exact) mass is 270 g/mol. The molecule has 0 aromatic carbocycles. The fourth-order valence-corrected chi connectivity index (χ4v) is 1.72. The highest BCUT2D eigenvalue weighted by Gasteiger charge is 2.15. The van der Waals surface area contributed by atoms with E-state index in [1.165, 1.54) is 0 Å². The largest absolute Gasteiger partial charge is 0.465 e. The Bertz CT molecular complexity index is 396. The molecule has 0 radical (unpaired) electrons. The van der Waals surface area contributed by atoms with Crippen molar-refractivity contribution in [2.75, 3.05) is 13.2 Å². The van der Waals surface area contributed by atoms with E-state index in [2.05, 4.69) is 4.98 Å². The number of halogens is 1. The lowest BCUT2D eigenvalue weighted by molar-refractivity contribution is -0.145. The number of nitrogens with zero attached hydrogens (tertiary/aromatic N) is 2. The number of ether oxygens (including phenoxy) is 1. The standard InChI is InChI=1S/C13H19ClN2O2/c1-4-18-13(17)9-16(10(2)3)8-12-7-11(14)5-6-15-12/h5-7,10H,4,8-9H2,1-3H3. The van der Waals surface area contributed by atoms with Gasteiger partial charge in [-0.25, -0.2) is 0 Å². The minimum absolute atomic E-state index is 0.215. The van der Waals surface area contributed by atoms with E-state index >= 15 is 0 Å². The first-order valence-electron chi connectivity index (χ1n) is 6.03. The maximum Gasteiger partial charge on any atom is 0.320 e. The zero-order valence-corrected chi connectivity index (χ0v) is 11.8. The fourth-order valence-electron chi connectivity index (χ4n) is 1.54. The zero-order chi connectivity index (χ0) is 13.5. The van der Waals surface area contributed by atoms with Crippen LogP contribution in [0.3, 0.4) is 0 Å². The molecule has 1 heterocycles. The van der Waals surface area contributed by atoms with Gasteiger partial charge >= 0.3 is 5.97 Å². The van der Waals surface area contributed by atoms with E-state index < -0.39 is 0 Å². The molecule has 0 amide bonds. The SMILES string of the molecule is CCOC(=O)CN(Cc1cc(Cl)ccn1)C(C)C. The van der Waals surface area contributed by atoms with E-state index in [1.54, 1.807) is 19.2 Å². The summed E-state index contributed by atoms with van der Waals surface area (Å²) in [6.45, 7) is 7.11. The summed E-state index contributed by atoms with van der Waals surface area (Å²) in [6, 6.07) is 3.77. The van der Waals surface area contributed by atoms with Crippen molar-refractivity contribution in [3.05, 3.63) is 29.0 Å². The Morgan fingerprint density at radius 2 is 2.28 bits per heavy atom. The third-order valence-corrected chi connectivity index (χ3v) is 2.75. The van der Waals surface area contributed by atoms with E-state index in [0.717, 1.165) is 5.69 Å². The van der Waals surface area contributed by atoms with Crippen molar-refractivity contribution in [2.24, 2.45) is 0 Å². The van der Waals surface area contributed by atoms with Gasteiger partial charge in [0.05, 0.1) is 18.8 Å². The second kappa shape index (κ2) is 7.34. The summed E-state index contributed by atoms with van der Waals surface area (Å²) in [5, 5.41) is 0.653. The van der Waals surface area contributed by atoms with E-state index in [4.69, 9.17) is 16.3 Å². The van der Waals surface area contributed by atoms with E-state index in [1.807, 2.05) is 24.8 Å². The molecule has 18 heavy (non-hydrogen) atoms. The third kappa shape index (κ3) is 5.02. The lowest BCUT2D eigenvalue weighted by Gasteiger charge is -2.24. The van der Waals surface area contributed by atoms with E-state index in [0.29, 0.717) is 18.2 Å². The maximum atomic E-state index is 11.5. The van der Waals surface area contributed by atoms with Crippen molar-refractivity contribution in [2.45, 2.75) is 33.4 Å². The highest BCUT2D eigenvalue weighted by Crippen LogP contribution is 2.11. The summed E-state index contributed by atoms with van der Waals surface area (Å²) >= 11 is 5.91. The number of hydrogen-bond acceptors (Lipinski definition) is 4. The van der Waals surface area contributed by atoms with Gasteiger partial charge in [0.2, 0.25) is 0 Å². The van der Waals surface area contributed by atoms with Gasteiger partial charge in [-0.2, -0.15) is 0 Å². The molecular formula is C13H19ClN2O2. The van der Waals surface area contributed by atoms with Crippen LogP contribution >= 0.6 is 11.6 Å². The van der Waals surface area contributed by atoms with Gasteiger partial charge in [-0.3, -0.25) is 14.7 Å². The van der Waals surface area contributed by atoms with Crippen LogP contribution in [0, 0.1) is 0 Å². The molecule has 1 aromatic heterocycles. The second-order valence-electron chi connectivity index (χ2n) is 4.27. The third-order valence-electron chi connectivity index (χ3n) is 2.51. The first-order valence-corrected chi connectivity index (χ1v) is 6.40. The van der Waals surface area contributed by atoms with Gasteiger partial charge in [-0.15, -0.1) is 0 Å². The van der Waals surface area contributed by atoms with Crippen molar-refractivity contribution in [3.8, 4) is 0 Å². The molecule has 100 valence electrons. The van der Waals surface area contributed by atoms with Crippen LogP contribution in [-0.2, 0) is 16.1 Å². The highest BCUT2D eigenvalue weighted by molar-refractivity contribution is 6.30. The Morgan fingerprint density at radius 1 is 1.56 bits per heavy atom. The van der Waals surface area contributed by atoms with Crippen LogP contribution in [0.2, 0.25) is 5.02 Å². The number of carbonyl (C=O) groups is 1. The first kappa shape index (κ1) is 14.9. The predicted octanol–water partition coefficient (Wildman–Crippen LogP) is 2.51. The van der Waals surface area contributed by atoms with Crippen LogP contribution in [0.4, 0.5) is 0 Å². The van der Waals surface area contributed by atoms with Crippen molar-refractivity contribution in [1.82, 2.24) is 9.88 Å². The normalized spacial score (nSPS) is 11.0. The molecule has 0 fully saturated rings. The molecule has 0 aliphatic rings. The van der Waals surface area contributed by atoms with Crippen molar-refractivity contribution in [3.63, 3.8) is 0 Å². The number of hydrogen-bond donors (Lipinski definition) is 0. The molecule has 0 aliphatic carbocycles. The summed E-state index contributed by atoms with van der Waals surface area (Å²) in [6.07, 6.45) is 1.67. The molecule has 0 atom stereocenters. The van der Waals surface area contributed by atoms with Crippen LogP contribution < -0.4 is 0 Å². The summed E-state index contributed by atoms with van der Waals surface area (Å²) in [5.74, 6) is -0.215. The molecule has 0 spiro atoms. The molecular weight excluding hydrogens is 252 g/mol. The van der Waals surface area contributed by atoms with Gasteiger partial charge in [0, 0.05) is 23.8 Å². The quantitative estimate of drug-likeness (QED) is 0.745. The Balaban J connectivity index is 2.66. The summed E-state index contributed by atoms with van der Waals surface area (Å²) in [5.41, 5.74) is 0.848. The number of esters is 1. The van der Waals surface area contributed by atoms with Crippen LogP contribution in [0.1, 0.15) is 26.5 Å². The van der Waals surface area contributed by atoms with Crippen LogP contribution in [-0.4, -0.2) is 35.0 Å². The lowest BCUT2D eigenvalue weighted by Crippen LogP contribution is -2.36. The molecule has 0 N–H and O–H groups in total. The fraction of sp³-hybridized carbons (Fsp3) is 0.538. The Hall–Kier alpha value is -1.13. The number of carbonyl (C=O) groups excluding carboxylic acids is 1. The predicted molar refractivity (Wildman–Crippen MR) is 71.4 cm³/mol. The van der Waals surface area contributed by atoms with Gasteiger partial charge in [0.15, 0.2) is 0 Å². The molecule has 1 rings (SSSR count). The van der Waals surface area contributed by atoms with Crippen LogP contribution in [0.5, 0.6) is 0 Å². The molecule has 0 unspecified atom stereocenters. The van der Waals surface area contributed by atoms with E-state index in [-0.39, 0.29) is 18.6 Å². The van der Waals surface area contributed by atoms with Gasteiger partial charge in [0.1, 0.15) is 0 Å². The van der Waals surface area contributed by atoms with Gasteiger partial charge in [-0.05, 0) is 32.9 Å². The van der Waals surface area contributed by atoms with Crippen LogP contribution in [0.15, 0.2) is 18.3 Å².